The molecule has 1 rings (SSSR count). The Kier molecular flexibility index (Phi) is 5.60. The third-order valence-electron chi connectivity index (χ3n) is 2.17. The Labute approximate surface area is 89.3 Å². The Balaban J connectivity index is 2.07. The Morgan fingerprint density at radius 3 is 2.87 bits per heavy atom. The van der Waals surface area contributed by atoms with Crippen molar-refractivity contribution < 1.29 is 24.1 Å². The van der Waals surface area contributed by atoms with Gasteiger partial charge in [0, 0.05) is 6.92 Å². The van der Waals surface area contributed by atoms with E-state index in [0.717, 1.165) is 12.8 Å². The Morgan fingerprint density at radius 1 is 1.47 bits per heavy atom. The summed E-state index contributed by atoms with van der Waals surface area (Å²) in [5.41, 5.74) is 0. The summed E-state index contributed by atoms with van der Waals surface area (Å²) in [7, 11) is 0. The van der Waals surface area contributed by atoms with Crippen LogP contribution in [-0.2, 0) is 19.0 Å². The molecule has 1 N–H and O–H groups in total. The molecule has 0 bridgehead atoms. The lowest BCUT2D eigenvalue weighted by molar-refractivity contribution is -0.154. The molecule has 0 saturated carbocycles. The number of ether oxygens (including phenoxy) is 3. The zero-order valence-electron chi connectivity index (χ0n) is 8.98. The van der Waals surface area contributed by atoms with Gasteiger partial charge in [-0.2, -0.15) is 0 Å². The summed E-state index contributed by atoms with van der Waals surface area (Å²) in [6.07, 6.45) is 1.33. The van der Waals surface area contributed by atoms with Gasteiger partial charge in [0.25, 0.3) is 0 Å². The summed E-state index contributed by atoms with van der Waals surface area (Å²) in [6.45, 7) is 2.80. The minimum absolute atomic E-state index is 0.00598. The molecule has 5 heteroatoms. The van der Waals surface area contributed by atoms with Gasteiger partial charge in [0.05, 0.1) is 32.5 Å². The molecule has 1 aliphatic rings. The molecule has 5 nitrogen and oxygen atoms in total. The molecule has 0 amide bonds. The molecule has 1 saturated heterocycles. The van der Waals surface area contributed by atoms with Crippen LogP contribution in [0.3, 0.4) is 0 Å². The van der Waals surface area contributed by atoms with Crippen LogP contribution in [0.1, 0.15) is 19.8 Å². The fourth-order valence-corrected chi connectivity index (χ4v) is 1.46. The van der Waals surface area contributed by atoms with Crippen molar-refractivity contribution >= 4 is 5.97 Å². The smallest absolute Gasteiger partial charge is 0.302 e. The summed E-state index contributed by atoms with van der Waals surface area (Å²) < 4.78 is 15.6. The Morgan fingerprint density at radius 2 is 2.20 bits per heavy atom. The molecule has 0 aliphatic carbocycles. The minimum Gasteiger partial charge on any atom is -0.466 e. The molecule has 0 spiro atoms. The number of rotatable bonds is 5. The third-order valence-corrected chi connectivity index (χ3v) is 2.17. The van der Waals surface area contributed by atoms with Gasteiger partial charge in [0.15, 0.2) is 0 Å². The van der Waals surface area contributed by atoms with Crippen molar-refractivity contribution in [1.29, 1.82) is 0 Å². The highest BCUT2D eigenvalue weighted by molar-refractivity contribution is 5.65. The highest BCUT2D eigenvalue weighted by Gasteiger charge is 2.21. The Bertz CT molecular complexity index is 194. The van der Waals surface area contributed by atoms with Crippen LogP contribution in [0.4, 0.5) is 0 Å². The average Bonchev–Trinajstić information content (AvgIpc) is 2.24. The van der Waals surface area contributed by atoms with E-state index in [2.05, 4.69) is 0 Å². The van der Waals surface area contributed by atoms with Gasteiger partial charge in [-0.3, -0.25) is 4.79 Å². The highest BCUT2D eigenvalue weighted by Crippen LogP contribution is 2.12. The second-order valence-electron chi connectivity index (χ2n) is 3.58. The molecule has 1 fully saturated rings. The number of hydrogen-bond acceptors (Lipinski definition) is 5. The lowest BCUT2D eigenvalue weighted by Gasteiger charge is -2.29. The van der Waals surface area contributed by atoms with E-state index in [-0.39, 0.29) is 24.8 Å². The van der Waals surface area contributed by atoms with Crippen LogP contribution in [0.25, 0.3) is 0 Å². The van der Waals surface area contributed by atoms with Crippen molar-refractivity contribution in [1.82, 2.24) is 0 Å². The topological polar surface area (TPSA) is 65.0 Å². The molecular formula is C10H18O5. The summed E-state index contributed by atoms with van der Waals surface area (Å²) in [6, 6.07) is 0. The number of aliphatic hydroxyl groups is 1. The molecule has 1 heterocycles. The predicted octanol–water partition coefficient (Wildman–Crippen LogP) is 0.106. The maximum atomic E-state index is 10.5. The molecule has 0 aromatic rings. The van der Waals surface area contributed by atoms with E-state index >= 15 is 0 Å². The summed E-state index contributed by atoms with van der Waals surface area (Å²) >= 11 is 0. The minimum atomic E-state index is -0.260. The normalized spacial score (nSPS) is 26.3. The zero-order valence-corrected chi connectivity index (χ0v) is 8.98. The van der Waals surface area contributed by atoms with Crippen molar-refractivity contribution in [2.45, 2.75) is 32.0 Å². The number of aliphatic hydroxyl groups excluding tert-OH is 1. The first kappa shape index (κ1) is 12.4. The van der Waals surface area contributed by atoms with Crippen LogP contribution in [0.2, 0.25) is 0 Å². The molecule has 0 aromatic carbocycles. The van der Waals surface area contributed by atoms with Gasteiger partial charge in [0.1, 0.15) is 6.10 Å². The average molecular weight is 218 g/mol. The first-order valence-electron chi connectivity index (χ1n) is 5.19. The predicted molar refractivity (Wildman–Crippen MR) is 52.4 cm³/mol. The van der Waals surface area contributed by atoms with Crippen molar-refractivity contribution in [3.8, 4) is 0 Å². The molecule has 2 atom stereocenters. The Hall–Kier alpha value is -0.650. The standard InChI is InChI=1S/C10H18O5/c1-8(12)14-4-2-3-9-6-13-7-10(5-11)15-9/h9-11H,2-7H2,1H3. The summed E-state index contributed by atoms with van der Waals surface area (Å²) in [5.74, 6) is -0.260. The van der Waals surface area contributed by atoms with Crippen molar-refractivity contribution in [3.63, 3.8) is 0 Å². The zero-order chi connectivity index (χ0) is 11.1. The molecule has 0 aromatic heterocycles. The lowest BCUT2D eigenvalue weighted by atomic mass is 10.2. The van der Waals surface area contributed by atoms with Crippen molar-refractivity contribution in [3.05, 3.63) is 0 Å². The van der Waals surface area contributed by atoms with Gasteiger partial charge in [-0.15, -0.1) is 0 Å². The maximum absolute atomic E-state index is 10.5. The molecule has 0 radical (unpaired) electrons. The molecule has 2 unspecified atom stereocenters. The van der Waals surface area contributed by atoms with E-state index in [0.29, 0.717) is 19.8 Å². The number of carbonyl (C=O) groups is 1. The molecule has 1 aliphatic heterocycles. The highest BCUT2D eigenvalue weighted by atomic mass is 16.6. The SMILES string of the molecule is CC(=O)OCCCC1COCC(CO)O1. The second kappa shape index (κ2) is 6.76. The molecule has 15 heavy (non-hydrogen) atoms. The van der Waals surface area contributed by atoms with Gasteiger partial charge < -0.3 is 19.3 Å². The van der Waals surface area contributed by atoms with Gasteiger partial charge in [-0.05, 0) is 12.8 Å². The van der Waals surface area contributed by atoms with Crippen molar-refractivity contribution in [2.75, 3.05) is 26.4 Å². The fourth-order valence-electron chi connectivity index (χ4n) is 1.46. The van der Waals surface area contributed by atoms with Crippen LogP contribution in [0, 0.1) is 0 Å². The maximum Gasteiger partial charge on any atom is 0.302 e. The fraction of sp³-hybridized carbons (Fsp3) is 0.900. The van der Waals surface area contributed by atoms with Crippen LogP contribution < -0.4 is 0 Å². The molecular weight excluding hydrogens is 200 g/mol. The van der Waals surface area contributed by atoms with Gasteiger partial charge in [-0.1, -0.05) is 0 Å². The van der Waals surface area contributed by atoms with E-state index in [1.54, 1.807) is 0 Å². The monoisotopic (exact) mass is 218 g/mol. The quantitative estimate of drug-likeness (QED) is 0.524. The number of esters is 1. The largest absolute Gasteiger partial charge is 0.466 e. The summed E-state index contributed by atoms with van der Waals surface area (Å²) in [4.78, 5) is 10.5. The number of carbonyl (C=O) groups excluding carboxylic acids is 1. The van der Waals surface area contributed by atoms with Crippen LogP contribution in [-0.4, -0.2) is 49.7 Å². The van der Waals surface area contributed by atoms with E-state index in [1.807, 2.05) is 0 Å². The van der Waals surface area contributed by atoms with E-state index in [1.165, 1.54) is 6.92 Å². The molecule has 88 valence electrons. The van der Waals surface area contributed by atoms with Crippen LogP contribution >= 0.6 is 0 Å². The van der Waals surface area contributed by atoms with Crippen LogP contribution in [0.15, 0.2) is 0 Å². The third kappa shape index (κ3) is 5.11. The van der Waals surface area contributed by atoms with Gasteiger partial charge in [-0.25, -0.2) is 0 Å². The van der Waals surface area contributed by atoms with Gasteiger partial charge >= 0.3 is 5.97 Å². The van der Waals surface area contributed by atoms with Crippen molar-refractivity contribution in [2.24, 2.45) is 0 Å². The van der Waals surface area contributed by atoms with Gasteiger partial charge in [0.2, 0.25) is 0 Å². The van der Waals surface area contributed by atoms with E-state index in [9.17, 15) is 4.79 Å². The second-order valence-corrected chi connectivity index (χ2v) is 3.58. The lowest BCUT2D eigenvalue weighted by Crippen LogP contribution is -2.38. The first-order valence-corrected chi connectivity index (χ1v) is 5.19. The van der Waals surface area contributed by atoms with E-state index in [4.69, 9.17) is 19.3 Å². The summed E-state index contributed by atoms with van der Waals surface area (Å²) in [5, 5.41) is 8.88. The number of hydrogen-bond donors (Lipinski definition) is 1. The first-order chi connectivity index (χ1) is 7.22. The van der Waals surface area contributed by atoms with E-state index < -0.39 is 0 Å². The van der Waals surface area contributed by atoms with Crippen LogP contribution in [0.5, 0.6) is 0 Å².